The Kier molecular flexibility index (Phi) is 7.09. The van der Waals surface area contributed by atoms with Gasteiger partial charge in [0.25, 0.3) is 5.91 Å². The zero-order valence-corrected chi connectivity index (χ0v) is 16.7. The van der Waals surface area contributed by atoms with Crippen molar-refractivity contribution >= 4 is 17.5 Å². The molecule has 0 aliphatic heterocycles. The Morgan fingerprint density at radius 1 is 1.00 bits per heavy atom. The quantitative estimate of drug-likeness (QED) is 0.538. The first-order valence-electron chi connectivity index (χ1n) is 9.22. The van der Waals surface area contributed by atoms with Gasteiger partial charge < -0.3 is 14.8 Å². The van der Waals surface area contributed by atoms with Gasteiger partial charge >= 0.3 is 0 Å². The van der Waals surface area contributed by atoms with Crippen molar-refractivity contribution in [2.75, 3.05) is 6.61 Å². The van der Waals surface area contributed by atoms with Crippen molar-refractivity contribution in [3.63, 3.8) is 0 Å². The molecule has 3 aromatic rings. The molecule has 4 nitrogen and oxygen atoms in total. The lowest BCUT2D eigenvalue weighted by Gasteiger charge is -2.13. The van der Waals surface area contributed by atoms with Crippen molar-refractivity contribution in [2.45, 2.75) is 20.1 Å². The molecule has 1 N–H and O–H groups in total. The van der Waals surface area contributed by atoms with Crippen molar-refractivity contribution in [2.24, 2.45) is 0 Å². The Hall–Kier alpha value is -3.05. The Balaban J connectivity index is 1.69. The van der Waals surface area contributed by atoms with Gasteiger partial charge in [0.05, 0.1) is 6.61 Å². The molecule has 0 spiro atoms. The maximum Gasteiger partial charge on any atom is 0.251 e. The number of ether oxygens (including phenoxy) is 2. The first-order chi connectivity index (χ1) is 14.0. The van der Waals surface area contributed by atoms with Gasteiger partial charge in [-0.05, 0) is 67.1 Å². The maximum absolute atomic E-state index is 13.0. The summed E-state index contributed by atoms with van der Waals surface area (Å²) in [7, 11) is 0. The number of carbonyl (C=O) groups is 1. The van der Waals surface area contributed by atoms with E-state index in [1.54, 1.807) is 54.6 Å². The van der Waals surface area contributed by atoms with Crippen molar-refractivity contribution in [3.05, 3.63) is 94.3 Å². The highest BCUT2D eigenvalue weighted by molar-refractivity contribution is 6.30. The lowest BCUT2D eigenvalue weighted by molar-refractivity contribution is 0.0950. The van der Waals surface area contributed by atoms with Crippen LogP contribution in [-0.2, 0) is 13.2 Å². The molecule has 0 saturated heterocycles. The molecule has 6 heteroatoms. The van der Waals surface area contributed by atoms with Crippen molar-refractivity contribution in [1.82, 2.24) is 5.32 Å². The SMILES string of the molecule is CCOc1ccc(C(=O)NCc2ccc(F)cc2)cc1COc1ccc(Cl)cc1. The molecule has 3 aromatic carbocycles. The number of carbonyl (C=O) groups excluding carboxylic acids is 1. The third-order valence-electron chi connectivity index (χ3n) is 4.20. The fourth-order valence-corrected chi connectivity index (χ4v) is 2.83. The van der Waals surface area contributed by atoms with Gasteiger partial charge in [-0.25, -0.2) is 4.39 Å². The molecule has 0 saturated carbocycles. The molecule has 0 atom stereocenters. The molecular formula is C23H21ClFNO3. The van der Waals surface area contributed by atoms with Gasteiger partial charge in [-0.1, -0.05) is 23.7 Å². The predicted octanol–water partition coefficient (Wildman–Crippen LogP) is 5.39. The van der Waals surface area contributed by atoms with Gasteiger partial charge in [0.1, 0.15) is 23.9 Å². The normalized spacial score (nSPS) is 10.4. The van der Waals surface area contributed by atoms with Gasteiger partial charge in [0, 0.05) is 22.7 Å². The van der Waals surface area contributed by atoms with Crippen LogP contribution in [-0.4, -0.2) is 12.5 Å². The first kappa shape index (κ1) is 20.7. The third kappa shape index (κ3) is 5.96. The summed E-state index contributed by atoms with van der Waals surface area (Å²) in [4.78, 5) is 12.5. The summed E-state index contributed by atoms with van der Waals surface area (Å²) in [5.74, 6) is 0.793. The van der Waals surface area contributed by atoms with Crippen LogP contribution >= 0.6 is 11.6 Å². The summed E-state index contributed by atoms with van der Waals surface area (Å²) in [6.45, 7) is 2.95. The van der Waals surface area contributed by atoms with Crippen LogP contribution in [0.1, 0.15) is 28.4 Å². The average molecular weight is 414 g/mol. The largest absolute Gasteiger partial charge is 0.493 e. The van der Waals surface area contributed by atoms with Crippen LogP contribution < -0.4 is 14.8 Å². The zero-order valence-electron chi connectivity index (χ0n) is 16.0. The van der Waals surface area contributed by atoms with E-state index in [-0.39, 0.29) is 18.3 Å². The standard InChI is InChI=1S/C23H21ClFNO3/c1-2-28-22-12-5-17(23(27)26-14-16-3-8-20(25)9-4-16)13-18(22)15-29-21-10-6-19(24)7-11-21/h3-13H,2,14-15H2,1H3,(H,26,27). The van der Waals surface area contributed by atoms with Gasteiger partial charge in [0.15, 0.2) is 0 Å². The van der Waals surface area contributed by atoms with Gasteiger partial charge in [-0.2, -0.15) is 0 Å². The lowest BCUT2D eigenvalue weighted by atomic mass is 10.1. The highest BCUT2D eigenvalue weighted by Crippen LogP contribution is 2.23. The van der Waals surface area contributed by atoms with Gasteiger partial charge in [-0.15, -0.1) is 0 Å². The van der Waals surface area contributed by atoms with Crippen molar-refractivity contribution in [3.8, 4) is 11.5 Å². The van der Waals surface area contributed by atoms with Crippen molar-refractivity contribution < 1.29 is 18.7 Å². The van der Waals surface area contributed by atoms with E-state index in [4.69, 9.17) is 21.1 Å². The zero-order chi connectivity index (χ0) is 20.6. The summed E-state index contributed by atoms with van der Waals surface area (Å²) < 4.78 is 24.4. The number of benzene rings is 3. The maximum atomic E-state index is 13.0. The third-order valence-corrected chi connectivity index (χ3v) is 4.45. The molecule has 0 unspecified atom stereocenters. The summed E-state index contributed by atoms with van der Waals surface area (Å²) in [5.41, 5.74) is 2.07. The predicted molar refractivity (Wildman–Crippen MR) is 111 cm³/mol. The molecule has 0 heterocycles. The monoisotopic (exact) mass is 413 g/mol. The lowest BCUT2D eigenvalue weighted by Crippen LogP contribution is -2.23. The number of hydrogen-bond donors (Lipinski definition) is 1. The van der Waals surface area contributed by atoms with Gasteiger partial charge in [0.2, 0.25) is 0 Å². The van der Waals surface area contributed by atoms with E-state index < -0.39 is 0 Å². The fourth-order valence-electron chi connectivity index (χ4n) is 2.71. The van der Waals surface area contributed by atoms with Crippen LogP contribution in [0.3, 0.4) is 0 Å². The fraction of sp³-hybridized carbons (Fsp3) is 0.174. The molecule has 1 amide bonds. The van der Waals surface area contributed by atoms with E-state index in [0.29, 0.717) is 35.2 Å². The smallest absolute Gasteiger partial charge is 0.251 e. The number of halogens is 2. The second-order valence-corrected chi connectivity index (χ2v) is 6.74. The molecule has 0 aromatic heterocycles. The van der Waals surface area contributed by atoms with E-state index in [9.17, 15) is 9.18 Å². The van der Waals surface area contributed by atoms with E-state index in [0.717, 1.165) is 11.1 Å². The number of amides is 1. The molecule has 0 radical (unpaired) electrons. The van der Waals surface area contributed by atoms with Crippen molar-refractivity contribution in [1.29, 1.82) is 0 Å². The van der Waals surface area contributed by atoms with E-state index >= 15 is 0 Å². The number of rotatable bonds is 8. The molecule has 3 rings (SSSR count). The Morgan fingerprint density at radius 3 is 2.41 bits per heavy atom. The minimum atomic E-state index is -0.308. The highest BCUT2D eigenvalue weighted by atomic mass is 35.5. The minimum Gasteiger partial charge on any atom is -0.493 e. The van der Waals surface area contributed by atoms with Crippen LogP contribution in [0.4, 0.5) is 4.39 Å². The Bertz CT molecular complexity index is 959. The minimum absolute atomic E-state index is 0.231. The van der Waals surface area contributed by atoms with Crippen LogP contribution in [0.2, 0.25) is 5.02 Å². The molecule has 0 fully saturated rings. The van der Waals surface area contributed by atoms with Crippen LogP contribution in [0.25, 0.3) is 0 Å². The summed E-state index contributed by atoms with van der Waals surface area (Å²) in [6.07, 6.45) is 0. The molecule has 150 valence electrons. The Morgan fingerprint density at radius 2 is 1.72 bits per heavy atom. The summed E-state index contributed by atoms with van der Waals surface area (Å²) in [6, 6.07) is 18.3. The summed E-state index contributed by atoms with van der Waals surface area (Å²) in [5, 5.41) is 3.47. The topological polar surface area (TPSA) is 47.6 Å². The molecule has 0 aliphatic carbocycles. The summed E-state index contributed by atoms with van der Waals surface area (Å²) >= 11 is 5.89. The second kappa shape index (κ2) is 9.94. The number of nitrogens with one attached hydrogen (secondary N) is 1. The molecule has 29 heavy (non-hydrogen) atoms. The van der Waals surface area contributed by atoms with E-state index in [1.807, 2.05) is 6.92 Å². The van der Waals surface area contributed by atoms with Crippen LogP contribution in [0.5, 0.6) is 11.5 Å². The van der Waals surface area contributed by atoms with Crippen LogP contribution in [0.15, 0.2) is 66.7 Å². The average Bonchev–Trinajstić information content (AvgIpc) is 2.73. The Labute approximate surface area is 174 Å². The molecule has 0 aliphatic rings. The first-order valence-corrected chi connectivity index (χ1v) is 9.59. The number of hydrogen-bond acceptors (Lipinski definition) is 3. The van der Waals surface area contributed by atoms with E-state index in [1.165, 1.54) is 12.1 Å². The van der Waals surface area contributed by atoms with Gasteiger partial charge in [-0.3, -0.25) is 4.79 Å². The highest BCUT2D eigenvalue weighted by Gasteiger charge is 2.11. The molecule has 0 bridgehead atoms. The van der Waals surface area contributed by atoms with E-state index in [2.05, 4.69) is 5.32 Å². The van der Waals surface area contributed by atoms with Crippen LogP contribution in [0, 0.1) is 5.82 Å². The second-order valence-electron chi connectivity index (χ2n) is 6.31. The molecular weight excluding hydrogens is 393 g/mol.